The van der Waals surface area contributed by atoms with Gasteiger partial charge in [0.05, 0.1) is 18.8 Å². The van der Waals surface area contributed by atoms with Gasteiger partial charge in [0.25, 0.3) is 5.91 Å². The standard InChI is InChI=1S/C30H35N5O6/c1-20(18-35-13-15-39-16-14-35)41-26-8-4-5-22(28(26)40-19-27(36)37)17-33-25-7-3-2-6-24(25)30(38)34-23-11-9-21(10-12-23)29(31)32/h2-12,20,33H,13-19H2,1H3,(H3,31,32)(H,34,38)(H,36,37). The number of carbonyl (C=O) groups excluding carboxylic acids is 1. The maximum atomic E-state index is 13.1. The number of amides is 1. The summed E-state index contributed by atoms with van der Waals surface area (Å²) in [5.41, 5.74) is 8.32. The number of nitrogens with two attached hydrogens (primary N) is 1. The van der Waals surface area contributed by atoms with Crippen molar-refractivity contribution in [3.63, 3.8) is 0 Å². The topological polar surface area (TPSA) is 159 Å². The summed E-state index contributed by atoms with van der Waals surface area (Å²) in [6.45, 7) is 5.43. The molecule has 1 aliphatic rings. The van der Waals surface area contributed by atoms with E-state index in [1.807, 2.05) is 25.1 Å². The number of nitrogen functional groups attached to an aromatic ring is 1. The average molecular weight is 562 g/mol. The first-order valence-corrected chi connectivity index (χ1v) is 13.3. The first-order chi connectivity index (χ1) is 19.8. The lowest BCUT2D eigenvalue weighted by Gasteiger charge is -2.29. The van der Waals surface area contributed by atoms with Gasteiger partial charge in [0.1, 0.15) is 11.9 Å². The summed E-state index contributed by atoms with van der Waals surface area (Å²) >= 11 is 0. The second-order valence-corrected chi connectivity index (χ2v) is 9.61. The molecule has 1 heterocycles. The van der Waals surface area contributed by atoms with Gasteiger partial charge in [-0.05, 0) is 49.4 Å². The number of morpholine rings is 1. The van der Waals surface area contributed by atoms with Crippen molar-refractivity contribution in [2.24, 2.45) is 5.73 Å². The Kier molecular flexibility index (Phi) is 10.1. The number of ether oxygens (including phenoxy) is 3. The van der Waals surface area contributed by atoms with E-state index >= 15 is 0 Å². The van der Waals surface area contributed by atoms with Crippen molar-refractivity contribution in [3.05, 3.63) is 83.4 Å². The Morgan fingerprint density at radius 3 is 2.51 bits per heavy atom. The van der Waals surface area contributed by atoms with Gasteiger partial charge < -0.3 is 35.7 Å². The summed E-state index contributed by atoms with van der Waals surface area (Å²) in [5.74, 6) is -0.682. The minimum absolute atomic E-state index is 0.0508. The van der Waals surface area contributed by atoms with E-state index in [1.165, 1.54) is 0 Å². The van der Waals surface area contributed by atoms with Gasteiger partial charge in [-0.15, -0.1) is 0 Å². The SMILES string of the molecule is CC(CN1CCOCC1)Oc1cccc(CNc2ccccc2C(=O)Nc2ccc(C(=N)N)cc2)c1OCC(=O)O. The molecule has 0 bridgehead atoms. The molecule has 0 aromatic heterocycles. The average Bonchev–Trinajstić information content (AvgIpc) is 2.96. The number of amidine groups is 1. The van der Waals surface area contributed by atoms with Gasteiger partial charge in [-0.1, -0.05) is 24.3 Å². The van der Waals surface area contributed by atoms with Crippen LogP contribution in [0, 0.1) is 5.41 Å². The summed E-state index contributed by atoms with van der Waals surface area (Å²) in [4.78, 5) is 26.7. The molecule has 11 nitrogen and oxygen atoms in total. The normalized spacial score (nSPS) is 14.1. The molecule has 4 rings (SSSR count). The minimum atomic E-state index is -1.10. The van der Waals surface area contributed by atoms with Gasteiger partial charge in [0, 0.05) is 48.7 Å². The van der Waals surface area contributed by atoms with E-state index in [-0.39, 0.29) is 24.4 Å². The second-order valence-electron chi connectivity index (χ2n) is 9.61. The molecule has 6 N–H and O–H groups in total. The lowest BCUT2D eigenvalue weighted by atomic mass is 10.1. The molecule has 0 spiro atoms. The quantitative estimate of drug-likeness (QED) is 0.156. The van der Waals surface area contributed by atoms with Crippen LogP contribution in [0.4, 0.5) is 11.4 Å². The third kappa shape index (κ3) is 8.44. The minimum Gasteiger partial charge on any atom is -0.485 e. The molecular formula is C30H35N5O6. The van der Waals surface area contributed by atoms with E-state index in [0.29, 0.717) is 59.3 Å². The fourth-order valence-electron chi connectivity index (χ4n) is 4.45. The van der Waals surface area contributed by atoms with Crippen molar-refractivity contribution < 1.29 is 28.9 Å². The number of carboxylic acids is 1. The van der Waals surface area contributed by atoms with Crippen LogP contribution in [0.15, 0.2) is 66.7 Å². The number of rotatable bonds is 13. The second kappa shape index (κ2) is 14.1. The van der Waals surface area contributed by atoms with Crippen LogP contribution in [0.25, 0.3) is 0 Å². The smallest absolute Gasteiger partial charge is 0.341 e. The molecule has 11 heteroatoms. The van der Waals surface area contributed by atoms with E-state index in [2.05, 4.69) is 15.5 Å². The Morgan fingerprint density at radius 2 is 1.80 bits per heavy atom. The van der Waals surface area contributed by atoms with Crippen LogP contribution in [0.3, 0.4) is 0 Å². The number of carboxylic acid groups (broad SMARTS) is 1. The fourth-order valence-corrected chi connectivity index (χ4v) is 4.45. The van der Waals surface area contributed by atoms with Crippen molar-refractivity contribution in [2.45, 2.75) is 19.6 Å². The van der Waals surface area contributed by atoms with Gasteiger partial charge in [0.2, 0.25) is 0 Å². The largest absolute Gasteiger partial charge is 0.485 e. The number of para-hydroxylation sites is 2. The molecular weight excluding hydrogens is 526 g/mol. The Balaban J connectivity index is 1.48. The van der Waals surface area contributed by atoms with Crippen LogP contribution in [0.5, 0.6) is 11.5 Å². The maximum absolute atomic E-state index is 13.1. The van der Waals surface area contributed by atoms with Crippen molar-refractivity contribution in [1.29, 1.82) is 5.41 Å². The molecule has 1 atom stereocenters. The predicted molar refractivity (Wildman–Crippen MR) is 156 cm³/mol. The molecule has 1 amide bonds. The lowest BCUT2D eigenvalue weighted by Crippen LogP contribution is -2.41. The molecule has 0 radical (unpaired) electrons. The highest BCUT2D eigenvalue weighted by atomic mass is 16.5. The number of carbonyl (C=O) groups is 2. The fraction of sp³-hybridized carbons (Fsp3) is 0.300. The summed E-state index contributed by atoms with van der Waals surface area (Å²) in [6, 6.07) is 19.2. The first kappa shape index (κ1) is 29.4. The van der Waals surface area contributed by atoms with Crippen LogP contribution in [0.1, 0.15) is 28.4 Å². The monoisotopic (exact) mass is 561 g/mol. The summed E-state index contributed by atoms with van der Waals surface area (Å²) < 4.78 is 17.3. The molecule has 0 aliphatic carbocycles. The molecule has 0 saturated carbocycles. The predicted octanol–water partition coefficient (Wildman–Crippen LogP) is 3.40. The molecule has 216 valence electrons. The van der Waals surface area contributed by atoms with Gasteiger partial charge in [0.15, 0.2) is 18.1 Å². The maximum Gasteiger partial charge on any atom is 0.341 e. The van der Waals surface area contributed by atoms with Crippen molar-refractivity contribution in [2.75, 3.05) is 50.1 Å². The zero-order chi connectivity index (χ0) is 29.2. The van der Waals surface area contributed by atoms with Crippen LogP contribution in [-0.4, -0.2) is 73.3 Å². The van der Waals surface area contributed by atoms with Crippen LogP contribution >= 0.6 is 0 Å². The molecule has 3 aromatic carbocycles. The lowest BCUT2D eigenvalue weighted by molar-refractivity contribution is -0.139. The molecule has 1 aliphatic heterocycles. The molecule has 1 saturated heterocycles. The molecule has 1 unspecified atom stereocenters. The summed E-state index contributed by atoms with van der Waals surface area (Å²) in [5, 5.41) is 22.9. The number of nitrogens with one attached hydrogen (secondary N) is 3. The molecule has 41 heavy (non-hydrogen) atoms. The number of benzene rings is 3. The number of hydrogen-bond acceptors (Lipinski definition) is 8. The highest BCUT2D eigenvalue weighted by Crippen LogP contribution is 2.33. The van der Waals surface area contributed by atoms with Crippen molar-refractivity contribution in [1.82, 2.24) is 4.90 Å². The third-order valence-electron chi connectivity index (χ3n) is 6.44. The van der Waals surface area contributed by atoms with E-state index in [0.717, 1.165) is 13.1 Å². The Morgan fingerprint density at radius 1 is 1.07 bits per heavy atom. The Labute approximate surface area is 238 Å². The highest BCUT2D eigenvalue weighted by molar-refractivity contribution is 6.08. The van der Waals surface area contributed by atoms with E-state index in [4.69, 9.17) is 25.4 Å². The zero-order valence-corrected chi connectivity index (χ0v) is 22.9. The van der Waals surface area contributed by atoms with Crippen molar-refractivity contribution in [3.8, 4) is 11.5 Å². The van der Waals surface area contributed by atoms with Crippen LogP contribution in [0.2, 0.25) is 0 Å². The number of hydrogen-bond donors (Lipinski definition) is 5. The van der Waals surface area contributed by atoms with Crippen LogP contribution in [-0.2, 0) is 16.1 Å². The summed E-state index contributed by atoms with van der Waals surface area (Å²) in [6.07, 6.45) is -0.169. The van der Waals surface area contributed by atoms with Gasteiger partial charge in [-0.25, -0.2) is 4.79 Å². The highest BCUT2D eigenvalue weighted by Gasteiger charge is 2.19. The molecule has 1 fully saturated rings. The molecule has 3 aromatic rings. The van der Waals surface area contributed by atoms with E-state index < -0.39 is 12.6 Å². The zero-order valence-electron chi connectivity index (χ0n) is 22.9. The number of aliphatic carboxylic acids is 1. The van der Waals surface area contributed by atoms with Gasteiger partial charge in [-0.2, -0.15) is 0 Å². The third-order valence-corrected chi connectivity index (χ3v) is 6.44. The Hall–Kier alpha value is -4.61. The van der Waals surface area contributed by atoms with Gasteiger partial charge >= 0.3 is 5.97 Å². The van der Waals surface area contributed by atoms with Gasteiger partial charge in [-0.3, -0.25) is 15.1 Å². The number of nitrogens with zero attached hydrogens (tertiary/aromatic N) is 1. The van der Waals surface area contributed by atoms with Crippen LogP contribution < -0.4 is 25.8 Å². The van der Waals surface area contributed by atoms with E-state index in [9.17, 15) is 14.7 Å². The van der Waals surface area contributed by atoms with E-state index in [1.54, 1.807) is 48.5 Å². The Bertz CT molecular complexity index is 1360. The summed E-state index contributed by atoms with van der Waals surface area (Å²) in [7, 11) is 0. The first-order valence-electron chi connectivity index (χ1n) is 13.3. The number of anilines is 2. The van der Waals surface area contributed by atoms with Crippen molar-refractivity contribution >= 4 is 29.1 Å².